The van der Waals surface area contributed by atoms with Crippen molar-refractivity contribution in [3.63, 3.8) is 0 Å². The summed E-state index contributed by atoms with van der Waals surface area (Å²) in [5.74, 6) is 0.548. The fraction of sp³-hybridized carbons (Fsp3) is 0.182. The fourth-order valence-electron chi connectivity index (χ4n) is 3.11. The lowest BCUT2D eigenvalue weighted by molar-refractivity contribution is -0.120. The number of benzene rings is 2. The van der Waals surface area contributed by atoms with Crippen LogP contribution in [0.15, 0.2) is 70.2 Å². The zero-order valence-electron chi connectivity index (χ0n) is 16.4. The molecule has 0 saturated heterocycles. The molecule has 2 heterocycles. The number of fused-ring (bicyclic) bond motifs is 1. The molecule has 0 atom stereocenters. The first-order valence-electron chi connectivity index (χ1n) is 9.45. The van der Waals surface area contributed by atoms with E-state index in [0.29, 0.717) is 30.1 Å². The minimum absolute atomic E-state index is 0.112. The summed E-state index contributed by atoms with van der Waals surface area (Å²) in [5.41, 5.74) is 2.46. The van der Waals surface area contributed by atoms with Gasteiger partial charge < -0.3 is 14.6 Å². The van der Waals surface area contributed by atoms with Gasteiger partial charge in [-0.2, -0.15) is 0 Å². The zero-order valence-corrected chi connectivity index (χ0v) is 16.4. The Balaban J connectivity index is 1.34. The SMILES string of the molecule is COc1ccc(-c2cc(=O)n(CCNC(=O)Cc3noc4ccccc34)cn2)cc1. The van der Waals surface area contributed by atoms with Crippen LogP contribution in [0.4, 0.5) is 0 Å². The van der Waals surface area contributed by atoms with Crippen molar-refractivity contribution in [2.75, 3.05) is 13.7 Å². The number of carbonyl (C=O) groups excluding carboxylic acids is 1. The second-order valence-corrected chi connectivity index (χ2v) is 6.69. The first-order chi connectivity index (χ1) is 14.6. The second-order valence-electron chi connectivity index (χ2n) is 6.69. The number of aromatic nitrogens is 3. The van der Waals surface area contributed by atoms with Crippen LogP contribution in [-0.4, -0.2) is 34.3 Å². The van der Waals surface area contributed by atoms with Crippen LogP contribution in [0.5, 0.6) is 5.75 Å². The second kappa shape index (κ2) is 8.60. The minimum atomic E-state index is -0.190. The summed E-state index contributed by atoms with van der Waals surface area (Å²) in [6.07, 6.45) is 1.60. The van der Waals surface area contributed by atoms with Crippen LogP contribution in [0.1, 0.15) is 5.69 Å². The van der Waals surface area contributed by atoms with Gasteiger partial charge in [-0.05, 0) is 36.4 Å². The Labute approximate surface area is 172 Å². The highest BCUT2D eigenvalue weighted by Crippen LogP contribution is 2.19. The van der Waals surface area contributed by atoms with E-state index in [1.54, 1.807) is 13.2 Å². The molecule has 0 radical (unpaired) electrons. The molecule has 8 heteroatoms. The van der Waals surface area contributed by atoms with E-state index in [1.165, 1.54) is 17.0 Å². The predicted octanol–water partition coefficient (Wildman–Crippen LogP) is 2.42. The van der Waals surface area contributed by atoms with Gasteiger partial charge >= 0.3 is 0 Å². The van der Waals surface area contributed by atoms with Crippen LogP contribution < -0.4 is 15.6 Å². The number of carbonyl (C=O) groups is 1. The van der Waals surface area contributed by atoms with Crippen molar-refractivity contribution in [2.45, 2.75) is 13.0 Å². The molecule has 4 aromatic rings. The summed E-state index contributed by atoms with van der Waals surface area (Å²) in [6.45, 7) is 0.623. The Hall–Kier alpha value is -3.94. The average molecular weight is 404 g/mol. The Morgan fingerprint density at radius 3 is 2.73 bits per heavy atom. The van der Waals surface area contributed by atoms with Crippen molar-refractivity contribution < 1.29 is 14.1 Å². The van der Waals surface area contributed by atoms with Gasteiger partial charge in [0.2, 0.25) is 5.91 Å². The number of nitrogens with zero attached hydrogens (tertiary/aromatic N) is 3. The van der Waals surface area contributed by atoms with Crippen LogP contribution in [0.2, 0.25) is 0 Å². The molecular formula is C22H20N4O4. The number of amides is 1. The normalized spacial score (nSPS) is 10.8. The Morgan fingerprint density at radius 2 is 1.97 bits per heavy atom. The minimum Gasteiger partial charge on any atom is -0.497 e. The molecule has 1 N–H and O–H groups in total. The van der Waals surface area contributed by atoms with Gasteiger partial charge in [0.1, 0.15) is 11.4 Å². The lowest BCUT2D eigenvalue weighted by Crippen LogP contribution is -2.31. The van der Waals surface area contributed by atoms with E-state index in [0.717, 1.165) is 16.7 Å². The van der Waals surface area contributed by atoms with Gasteiger partial charge in [-0.25, -0.2) is 4.98 Å². The highest BCUT2D eigenvalue weighted by Gasteiger charge is 2.12. The van der Waals surface area contributed by atoms with Crippen molar-refractivity contribution in [3.05, 3.63) is 77.0 Å². The third kappa shape index (κ3) is 4.22. The van der Waals surface area contributed by atoms with E-state index in [9.17, 15) is 9.59 Å². The maximum Gasteiger partial charge on any atom is 0.253 e. The molecule has 8 nitrogen and oxygen atoms in total. The Morgan fingerprint density at radius 1 is 1.17 bits per heavy atom. The first kappa shape index (κ1) is 19.4. The van der Waals surface area contributed by atoms with Crippen molar-refractivity contribution in [3.8, 4) is 17.0 Å². The summed E-state index contributed by atoms with van der Waals surface area (Å²) in [4.78, 5) is 28.9. The molecule has 0 aliphatic heterocycles. The Kier molecular flexibility index (Phi) is 5.56. The van der Waals surface area contributed by atoms with E-state index in [-0.39, 0.29) is 17.9 Å². The lowest BCUT2D eigenvalue weighted by atomic mass is 10.1. The predicted molar refractivity (Wildman–Crippen MR) is 111 cm³/mol. The van der Waals surface area contributed by atoms with E-state index in [2.05, 4.69) is 15.5 Å². The number of ether oxygens (including phenoxy) is 1. The number of para-hydroxylation sites is 1. The maximum atomic E-state index is 12.4. The van der Waals surface area contributed by atoms with Gasteiger partial charge in [0, 0.05) is 30.1 Å². The molecule has 0 saturated carbocycles. The smallest absolute Gasteiger partial charge is 0.253 e. The molecule has 152 valence electrons. The van der Waals surface area contributed by atoms with Crippen molar-refractivity contribution in [1.82, 2.24) is 20.0 Å². The van der Waals surface area contributed by atoms with Crippen molar-refractivity contribution in [2.24, 2.45) is 0 Å². The van der Waals surface area contributed by atoms with Crippen LogP contribution in [0, 0.1) is 0 Å². The number of methoxy groups -OCH3 is 1. The number of hydrogen-bond donors (Lipinski definition) is 1. The summed E-state index contributed by atoms with van der Waals surface area (Å²) in [5, 5.41) is 7.58. The van der Waals surface area contributed by atoms with Gasteiger partial charge in [0.15, 0.2) is 5.58 Å². The molecule has 2 aromatic heterocycles. The van der Waals surface area contributed by atoms with Crippen LogP contribution in [0.3, 0.4) is 0 Å². The Bertz CT molecular complexity index is 1230. The van der Waals surface area contributed by atoms with Crippen molar-refractivity contribution >= 4 is 16.9 Å². The van der Waals surface area contributed by atoms with E-state index in [1.807, 2.05) is 42.5 Å². The topological polar surface area (TPSA) is 99.2 Å². The molecular weight excluding hydrogens is 384 g/mol. The van der Waals surface area contributed by atoms with Gasteiger partial charge in [0.25, 0.3) is 5.56 Å². The first-order valence-corrected chi connectivity index (χ1v) is 9.45. The van der Waals surface area contributed by atoms with Crippen LogP contribution >= 0.6 is 0 Å². The summed E-state index contributed by atoms with van der Waals surface area (Å²) in [6, 6.07) is 16.2. The van der Waals surface area contributed by atoms with Gasteiger partial charge in [0.05, 0.1) is 25.6 Å². The van der Waals surface area contributed by atoms with Crippen LogP contribution in [-0.2, 0) is 17.8 Å². The van der Waals surface area contributed by atoms with E-state index < -0.39 is 0 Å². The summed E-state index contributed by atoms with van der Waals surface area (Å²) < 4.78 is 11.8. The molecule has 1 amide bonds. The fourth-order valence-corrected chi connectivity index (χ4v) is 3.11. The quantitative estimate of drug-likeness (QED) is 0.508. The molecule has 0 bridgehead atoms. The molecule has 0 fully saturated rings. The largest absolute Gasteiger partial charge is 0.497 e. The standard InChI is InChI=1S/C22H20N4O4/c1-29-16-8-6-15(7-9-16)18-13-22(28)26(14-24-18)11-10-23-21(27)12-19-17-4-2-3-5-20(17)30-25-19/h2-9,13-14H,10-12H2,1H3,(H,23,27). The number of hydrogen-bond acceptors (Lipinski definition) is 6. The third-order valence-corrected chi connectivity index (χ3v) is 4.72. The average Bonchev–Trinajstić information content (AvgIpc) is 3.18. The van der Waals surface area contributed by atoms with E-state index >= 15 is 0 Å². The zero-order chi connectivity index (χ0) is 20.9. The van der Waals surface area contributed by atoms with E-state index in [4.69, 9.17) is 9.26 Å². The highest BCUT2D eigenvalue weighted by molar-refractivity contribution is 5.86. The molecule has 30 heavy (non-hydrogen) atoms. The van der Waals surface area contributed by atoms with Gasteiger partial charge in [-0.1, -0.05) is 17.3 Å². The summed E-state index contributed by atoms with van der Waals surface area (Å²) in [7, 11) is 1.60. The molecule has 2 aromatic carbocycles. The maximum absolute atomic E-state index is 12.4. The summed E-state index contributed by atoms with van der Waals surface area (Å²) >= 11 is 0. The number of nitrogens with one attached hydrogen (secondary N) is 1. The highest BCUT2D eigenvalue weighted by atomic mass is 16.5. The third-order valence-electron chi connectivity index (χ3n) is 4.72. The molecule has 0 unspecified atom stereocenters. The van der Waals surface area contributed by atoms with Gasteiger partial charge in [-0.15, -0.1) is 0 Å². The lowest BCUT2D eigenvalue weighted by Gasteiger charge is -2.08. The monoisotopic (exact) mass is 404 g/mol. The molecule has 0 spiro atoms. The molecule has 0 aliphatic rings. The van der Waals surface area contributed by atoms with Crippen molar-refractivity contribution in [1.29, 1.82) is 0 Å². The molecule has 4 rings (SSSR count). The number of rotatable bonds is 7. The molecule has 0 aliphatic carbocycles. The van der Waals surface area contributed by atoms with Gasteiger partial charge in [-0.3, -0.25) is 14.2 Å². The van der Waals surface area contributed by atoms with Crippen LogP contribution in [0.25, 0.3) is 22.2 Å².